The van der Waals surface area contributed by atoms with Gasteiger partial charge in [0.1, 0.15) is 11.4 Å². The Kier molecular flexibility index (Phi) is 3.57. The number of piperidine rings is 1. The zero-order valence-electron chi connectivity index (χ0n) is 13.1. The predicted octanol–water partition coefficient (Wildman–Crippen LogP) is 2.54. The highest BCUT2D eigenvalue weighted by atomic mass is 16.5. The van der Waals surface area contributed by atoms with Crippen LogP contribution < -0.4 is 4.74 Å². The number of carbonyl (C=O) groups excluding carboxylic acids is 1. The van der Waals surface area contributed by atoms with Crippen molar-refractivity contribution in [1.82, 2.24) is 9.80 Å². The van der Waals surface area contributed by atoms with E-state index < -0.39 is 0 Å². The molecule has 0 N–H and O–H groups in total. The van der Waals surface area contributed by atoms with E-state index in [0.717, 1.165) is 63.2 Å². The third-order valence-electron chi connectivity index (χ3n) is 5.34. The lowest BCUT2D eigenvalue weighted by atomic mass is 9.94. The minimum atomic E-state index is -0.0698. The number of carbonyl (C=O) groups is 1. The Bertz CT molecular complexity index is 564. The van der Waals surface area contributed by atoms with E-state index in [1.807, 2.05) is 29.2 Å². The van der Waals surface area contributed by atoms with Crippen LogP contribution in [0.5, 0.6) is 5.75 Å². The maximum atomic E-state index is 12.7. The molecule has 0 aromatic heterocycles. The van der Waals surface area contributed by atoms with E-state index in [9.17, 15) is 4.79 Å². The molecule has 2 bridgehead atoms. The Labute approximate surface area is 132 Å². The van der Waals surface area contributed by atoms with E-state index in [1.54, 1.807) is 0 Å². The number of para-hydroxylation sites is 1. The molecule has 1 aromatic carbocycles. The van der Waals surface area contributed by atoms with Gasteiger partial charge in [-0.15, -0.1) is 0 Å². The van der Waals surface area contributed by atoms with Gasteiger partial charge < -0.3 is 9.64 Å². The Balaban J connectivity index is 1.58. The van der Waals surface area contributed by atoms with Crippen LogP contribution in [0.4, 0.5) is 0 Å². The molecule has 22 heavy (non-hydrogen) atoms. The molecule has 3 aliphatic rings. The predicted molar refractivity (Wildman–Crippen MR) is 85.2 cm³/mol. The van der Waals surface area contributed by atoms with Gasteiger partial charge in [-0.25, -0.2) is 0 Å². The van der Waals surface area contributed by atoms with Crippen LogP contribution in [-0.4, -0.2) is 54.0 Å². The van der Waals surface area contributed by atoms with Gasteiger partial charge in [0, 0.05) is 32.6 Å². The second kappa shape index (κ2) is 5.58. The van der Waals surface area contributed by atoms with Gasteiger partial charge in [-0.1, -0.05) is 12.1 Å². The number of hydrogen-bond donors (Lipinski definition) is 0. The number of hydrogen-bond acceptors (Lipinski definition) is 3. The van der Waals surface area contributed by atoms with Crippen molar-refractivity contribution in [1.29, 1.82) is 0 Å². The number of nitrogens with zero attached hydrogens (tertiary/aromatic N) is 2. The normalized spacial score (nSPS) is 30.5. The molecular formula is C18H24N2O2. The summed E-state index contributed by atoms with van der Waals surface area (Å²) in [6, 6.07) is 7.80. The molecule has 2 unspecified atom stereocenters. The van der Waals surface area contributed by atoms with Gasteiger partial charge in [-0.2, -0.15) is 0 Å². The molecule has 4 rings (SSSR count). The summed E-state index contributed by atoms with van der Waals surface area (Å²) in [5, 5.41) is 0. The molecule has 0 aliphatic carbocycles. The minimum Gasteiger partial charge on any atom is -0.485 e. The first-order valence-corrected chi connectivity index (χ1v) is 8.56. The molecule has 4 nitrogen and oxygen atoms in total. The van der Waals surface area contributed by atoms with Crippen molar-refractivity contribution < 1.29 is 9.53 Å². The summed E-state index contributed by atoms with van der Waals surface area (Å²) in [4.78, 5) is 17.2. The first-order chi connectivity index (χ1) is 10.8. The number of rotatable bonds is 3. The second-order valence-corrected chi connectivity index (χ2v) is 6.91. The minimum absolute atomic E-state index is 0.0698. The van der Waals surface area contributed by atoms with Crippen LogP contribution in [0, 0.1) is 0 Å². The molecule has 4 heteroatoms. The zero-order valence-corrected chi connectivity index (χ0v) is 13.1. The summed E-state index contributed by atoms with van der Waals surface area (Å²) >= 11 is 0. The Hall–Kier alpha value is -1.55. The highest BCUT2D eigenvalue weighted by molar-refractivity contribution is 5.97. The number of amides is 1. The molecular weight excluding hydrogens is 276 g/mol. The number of fused-ring (bicyclic) bond motifs is 2. The van der Waals surface area contributed by atoms with Crippen LogP contribution in [0.15, 0.2) is 24.3 Å². The smallest absolute Gasteiger partial charge is 0.257 e. The van der Waals surface area contributed by atoms with Crippen molar-refractivity contribution in [2.24, 2.45) is 0 Å². The monoisotopic (exact) mass is 300 g/mol. The van der Waals surface area contributed by atoms with Crippen LogP contribution in [-0.2, 0) is 0 Å². The van der Waals surface area contributed by atoms with E-state index in [4.69, 9.17) is 4.74 Å². The largest absolute Gasteiger partial charge is 0.485 e. The number of ether oxygens (including phenoxy) is 1. The number of likely N-dealkylation sites (tertiary alicyclic amines) is 1. The van der Waals surface area contributed by atoms with Crippen LogP contribution in [0.1, 0.15) is 42.5 Å². The standard InChI is InChI=1S/C18H24N2O2/c21-17(20-11-3-4-12-20)15-6-1-2-7-16(15)22-18-8-5-10-19(14-18)13-9-18/h1-2,6-7H,3-5,8-14H2. The molecule has 3 aliphatic heterocycles. The van der Waals surface area contributed by atoms with Gasteiger partial charge in [0.25, 0.3) is 5.91 Å². The van der Waals surface area contributed by atoms with Crippen molar-refractivity contribution in [2.75, 3.05) is 32.7 Å². The Morgan fingerprint density at radius 1 is 1.00 bits per heavy atom. The number of benzene rings is 1. The van der Waals surface area contributed by atoms with Crippen LogP contribution >= 0.6 is 0 Å². The lowest BCUT2D eigenvalue weighted by molar-refractivity contribution is 0.0433. The van der Waals surface area contributed by atoms with Crippen molar-refractivity contribution in [3.8, 4) is 5.75 Å². The van der Waals surface area contributed by atoms with Gasteiger partial charge in [0.15, 0.2) is 0 Å². The molecule has 0 saturated carbocycles. The van der Waals surface area contributed by atoms with Crippen molar-refractivity contribution in [3.05, 3.63) is 29.8 Å². The SMILES string of the molecule is O=C(c1ccccc1OC12CCCN(CC1)C2)N1CCCC1. The summed E-state index contributed by atoms with van der Waals surface area (Å²) in [7, 11) is 0. The van der Waals surface area contributed by atoms with Crippen LogP contribution in [0.2, 0.25) is 0 Å². The van der Waals surface area contributed by atoms with Gasteiger partial charge >= 0.3 is 0 Å². The molecule has 3 heterocycles. The van der Waals surface area contributed by atoms with Gasteiger partial charge in [-0.05, 0) is 44.4 Å². The lowest BCUT2D eigenvalue weighted by Gasteiger charge is -2.35. The fraction of sp³-hybridized carbons (Fsp3) is 0.611. The van der Waals surface area contributed by atoms with E-state index in [-0.39, 0.29) is 11.5 Å². The van der Waals surface area contributed by atoms with E-state index >= 15 is 0 Å². The summed E-state index contributed by atoms with van der Waals surface area (Å²) in [5.41, 5.74) is 0.669. The molecule has 3 fully saturated rings. The maximum absolute atomic E-state index is 12.7. The summed E-state index contributed by atoms with van der Waals surface area (Å²) < 4.78 is 6.46. The van der Waals surface area contributed by atoms with Crippen molar-refractivity contribution in [3.63, 3.8) is 0 Å². The van der Waals surface area contributed by atoms with E-state index in [1.165, 1.54) is 13.0 Å². The molecule has 1 amide bonds. The zero-order chi connectivity index (χ0) is 15.0. The Morgan fingerprint density at radius 3 is 2.68 bits per heavy atom. The van der Waals surface area contributed by atoms with Crippen molar-refractivity contribution >= 4 is 5.91 Å². The average molecular weight is 300 g/mol. The average Bonchev–Trinajstić information content (AvgIpc) is 3.16. The fourth-order valence-corrected chi connectivity index (χ4v) is 4.14. The summed E-state index contributed by atoms with van der Waals surface area (Å²) in [5.74, 6) is 0.915. The Morgan fingerprint density at radius 2 is 1.82 bits per heavy atom. The lowest BCUT2D eigenvalue weighted by Crippen LogP contribution is -2.44. The molecule has 1 aromatic rings. The van der Waals surface area contributed by atoms with Crippen LogP contribution in [0.3, 0.4) is 0 Å². The third kappa shape index (κ3) is 2.50. The highest BCUT2D eigenvalue weighted by Gasteiger charge is 2.43. The van der Waals surface area contributed by atoms with Crippen molar-refractivity contribution in [2.45, 2.75) is 37.7 Å². The highest BCUT2D eigenvalue weighted by Crippen LogP contribution is 2.37. The van der Waals surface area contributed by atoms with E-state index in [2.05, 4.69) is 4.90 Å². The fourth-order valence-electron chi connectivity index (χ4n) is 4.14. The molecule has 118 valence electrons. The van der Waals surface area contributed by atoms with E-state index in [0.29, 0.717) is 0 Å². The molecule has 0 radical (unpaired) electrons. The summed E-state index contributed by atoms with van der Waals surface area (Å²) in [6.45, 7) is 5.10. The third-order valence-corrected chi connectivity index (χ3v) is 5.34. The molecule has 0 spiro atoms. The summed E-state index contributed by atoms with van der Waals surface area (Å²) in [6.07, 6.45) is 5.62. The first kappa shape index (κ1) is 14.1. The first-order valence-electron chi connectivity index (χ1n) is 8.56. The molecule has 3 saturated heterocycles. The second-order valence-electron chi connectivity index (χ2n) is 6.91. The van der Waals surface area contributed by atoms with Gasteiger partial charge in [0.05, 0.1) is 5.56 Å². The quantitative estimate of drug-likeness (QED) is 0.860. The van der Waals surface area contributed by atoms with Gasteiger partial charge in [-0.3, -0.25) is 9.69 Å². The molecule has 2 atom stereocenters. The van der Waals surface area contributed by atoms with Crippen LogP contribution in [0.25, 0.3) is 0 Å². The topological polar surface area (TPSA) is 32.8 Å². The van der Waals surface area contributed by atoms with Gasteiger partial charge in [0.2, 0.25) is 0 Å². The maximum Gasteiger partial charge on any atom is 0.257 e.